The van der Waals surface area contributed by atoms with Gasteiger partial charge < -0.3 is 4.90 Å². The Bertz CT molecular complexity index is 2570. The van der Waals surface area contributed by atoms with E-state index in [0.29, 0.717) is 0 Å². The lowest BCUT2D eigenvalue weighted by Crippen LogP contribution is -2.36. The van der Waals surface area contributed by atoms with Crippen LogP contribution in [0.5, 0.6) is 0 Å². The summed E-state index contributed by atoms with van der Waals surface area (Å²) in [4.78, 5) is 2.55. The lowest BCUT2D eigenvalue weighted by atomic mass is 9.64. The molecule has 240 valence electrons. The number of rotatable bonds is 1. The van der Waals surface area contributed by atoms with Crippen LogP contribution in [-0.4, -0.2) is 0 Å². The van der Waals surface area contributed by atoms with Crippen molar-refractivity contribution in [3.8, 4) is 11.1 Å². The Morgan fingerprint density at radius 1 is 0.333 bits per heavy atom. The van der Waals surface area contributed by atoms with Gasteiger partial charge in [0.2, 0.25) is 0 Å². The molecule has 9 aromatic carbocycles. The summed E-state index contributed by atoms with van der Waals surface area (Å²) in [5.41, 5.74) is 12.7. The van der Waals surface area contributed by atoms with E-state index in [2.05, 4.69) is 206 Å². The molecule has 51 heavy (non-hydrogen) atoms. The first-order valence-electron chi connectivity index (χ1n) is 17.8. The zero-order chi connectivity index (χ0) is 33.9. The summed E-state index contributed by atoms with van der Waals surface area (Å²) in [5.74, 6) is 0. The molecule has 0 bridgehead atoms. The Balaban J connectivity index is 0.000000282. The summed E-state index contributed by atoms with van der Waals surface area (Å²) < 4.78 is 0. The van der Waals surface area contributed by atoms with E-state index >= 15 is 0 Å². The molecule has 1 aliphatic heterocycles. The fourth-order valence-corrected chi connectivity index (χ4v) is 9.00. The third-order valence-corrected chi connectivity index (χ3v) is 11.1. The van der Waals surface area contributed by atoms with Crippen molar-refractivity contribution in [2.75, 3.05) is 4.90 Å². The van der Waals surface area contributed by atoms with Crippen molar-refractivity contribution in [3.63, 3.8) is 0 Å². The minimum atomic E-state index is -0.396. The summed E-state index contributed by atoms with van der Waals surface area (Å²) in [6.45, 7) is 2.26. The van der Waals surface area contributed by atoms with E-state index in [-0.39, 0.29) is 0 Å². The largest absolute Gasteiger partial charge is 0.309 e. The number of benzene rings is 9. The first-order valence-corrected chi connectivity index (χ1v) is 17.8. The van der Waals surface area contributed by atoms with Crippen LogP contribution in [0.25, 0.3) is 43.4 Å². The Labute approximate surface area is 298 Å². The highest BCUT2D eigenvalue weighted by atomic mass is 15.2. The average molecular weight is 650 g/mol. The maximum absolute atomic E-state index is 2.55. The highest BCUT2D eigenvalue weighted by Gasteiger charge is 2.51. The lowest BCUT2D eigenvalue weighted by molar-refractivity contribution is 0.753. The first-order chi connectivity index (χ1) is 25.3. The fourth-order valence-electron chi connectivity index (χ4n) is 9.00. The Morgan fingerprint density at radius 2 is 0.667 bits per heavy atom. The zero-order valence-electron chi connectivity index (χ0n) is 28.4. The van der Waals surface area contributed by atoms with Crippen LogP contribution in [0, 0.1) is 6.92 Å². The van der Waals surface area contributed by atoms with Crippen LogP contribution in [-0.2, 0) is 5.41 Å². The van der Waals surface area contributed by atoms with Crippen molar-refractivity contribution in [2.24, 2.45) is 0 Å². The number of hydrogen-bond acceptors (Lipinski definition) is 1. The van der Waals surface area contributed by atoms with E-state index in [1.165, 1.54) is 88.3 Å². The van der Waals surface area contributed by atoms with Gasteiger partial charge in [-0.25, -0.2) is 0 Å². The standard InChI is InChI=1S/C40H27N.C10H8/c1-26-27-14-2-4-18-31(27)39(32-19-5-3-15-28(26)32)41-37-24-12-10-22-35(37)40(36-23-11-13-25-38(36)41)33-20-8-6-16-29(33)30-17-7-9-21-34(30)40;1-2-6-10-8-4-3-7-9(10)5-1/h2-25H,1H3;1-8H. The number of nitrogens with zero attached hydrogens (tertiary/aromatic N) is 1. The molecule has 0 atom stereocenters. The molecular weight excluding hydrogens is 615 g/mol. The Hall–Kier alpha value is -6.44. The molecule has 1 aliphatic carbocycles. The van der Waals surface area contributed by atoms with E-state index in [4.69, 9.17) is 0 Å². The molecule has 1 nitrogen and oxygen atoms in total. The molecule has 2 aliphatic rings. The normalized spacial score (nSPS) is 13.3. The molecule has 0 fully saturated rings. The van der Waals surface area contributed by atoms with Crippen molar-refractivity contribution >= 4 is 49.4 Å². The van der Waals surface area contributed by atoms with Gasteiger partial charge in [0.05, 0.1) is 22.5 Å². The SMILES string of the molecule is Cc1c2ccccc2c(N2c3ccccc3C3(c4ccccc4-c4ccccc43)c3ccccc32)c2ccccc12.c1ccc2ccccc2c1. The molecule has 1 spiro atoms. The minimum Gasteiger partial charge on any atom is -0.309 e. The Morgan fingerprint density at radius 3 is 1.12 bits per heavy atom. The van der Waals surface area contributed by atoms with Crippen LogP contribution in [0.4, 0.5) is 17.1 Å². The monoisotopic (exact) mass is 649 g/mol. The molecule has 0 radical (unpaired) electrons. The van der Waals surface area contributed by atoms with Gasteiger partial charge in [0, 0.05) is 10.8 Å². The van der Waals surface area contributed by atoms with E-state index in [1.807, 2.05) is 0 Å². The number of anilines is 3. The summed E-state index contributed by atoms with van der Waals surface area (Å²) >= 11 is 0. The molecule has 1 heteroatoms. The van der Waals surface area contributed by atoms with Gasteiger partial charge in [-0.15, -0.1) is 0 Å². The van der Waals surface area contributed by atoms with Crippen LogP contribution in [0.15, 0.2) is 194 Å². The van der Waals surface area contributed by atoms with Gasteiger partial charge in [-0.05, 0) is 79.5 Å². The predicted octanol–water partition coefficient (Wildman–Crippen LogP) is 13.3. The second-order valence-corrected chi connectivity index (χ2v) is 13.6. The Kier molecular flexibility index (Phi) is 6.69. The topological polar surface area (TPSA) is 3.24 Å². The van der Waals surface area contributed by atoms with E-state index in [9.17, 15) is 0 Å². The highest BCUT2D eigenvalue weighted by molar-refractivity contribution is 6.17. The summed E-state index contributed by atoms with van der Waals surface area (Å²) in [5, 5.41) is 7.77. The van der Waals surface area contributed by atoms with Gasteiger partial charge in [0.25, 0.3) is 0 Å². The number of para-hydroxylation sites is 2. The number of hydrogen-bond donors (Lipinski definition) is 0. The molecule has 1 heterocycles. The molecular formula is C50H35N. The first kappa shape index (κ1) is 29.5. The second-order valence-electron chi connectivity index (χ2n) is 13.6. The molecule has 0 amide bonds. The quantitative estimate of drug-likeness (QED) is 0.160. The minimum absolute atomic E-state index is 0.396. The summed E-state index contributed by atoms with van der Waals surface area (Å²) in [7, 11) is 0. The van der Waals surface area contributed by atoms with Crippen LogP contribution < -0.4 is 4.90 Å². The van der Waals surface area contributed by atoms with Gasteiger partial charge in [-0.2, -0.15) is 0 Å². The van der Waals surface area contributed by atoms with Gasteiger partial charge >= 0.3 is 0 Å². The smallest absolute Gasteiger partial charge is 0.0754 e. The van der Waals surface area contributed by atoms with Crippen LogP contribution in [0.3, 0.4) is 0 Å². The summed E-state index contributed by atoms with van der Waals surface area (Å²) in [6, 6.07) is 70.7. The maximum Gasteiger partial charge on any atom is 0.0754 e. The maximum atomic E-state index is 2.55. The van der Waals surface area contributed by atoms with Gasteiger partial charge in [0.1, 0.15) is 0 Å². The van der Waals surface area contributed by atoms with Crippen LogP contribution >= 0.6 is 0 Å². The average Bonchev–Trinajstić information content (AvgIpc) is 3.50. The van der Waals surface area contributed by atoms with Crippen LogP contribution in [0.2, 0.25) is 0 Å². The third kappa shape index (κ3) is 4.22. The molecule has 9 aromatic rings. The van der Waals surface area contributed by atoms with E-state index < -0.39 is 5.41 Å². The predicted molar refractivity (Wildman–Crippen MR) is 216 cm³/mol. The van der Waals surface area contributed by atoms with Gasteiger partial charge in [-0.1, -0.05) is 182 Å². The van der Waals surface area contributed by atoms with Crippen molar-refractivity contribution < 1.29 is 0 Å². The third-order valence-electron chi connectivity index (χ3n) is 11.1. The fraction of sp³-hybridized carbons (Fsp3) is 0.0400. The number of aryl methyl sites for hydroxylation is 1. The molecule has 11 rings (SSSR count). The van der Waals surface area contributed by atoms with Crippen molar-refractivity contribution in [1.82, 2.24) is 0 Å². The molecule has 0 N–H and O–H groups in total. The van der Waals surface area contributed by atoms with Gasteiger partial charge in [-0.3, -0.25) is 0 Å². The zero-order valence-corrected chi connectivity index (χ0v) is 28.4. The molecule has 0 aromatic heterocycles. The lowest BCUT2D eigenvalue weighted by Gasteiger charge is -2.45. The molecule has 0 saturated heterocycles. The van der Waals surface area contributed by atoms with Gasteiger partial charge in [0.15, 0.2) is 0 Å². The van der Waals surface area contributed by atoms with E-state index in [0.717, 1.165) is 0 Å². The summed E-state index contributed by atoms with van der Waals surface area (Å²) in [6.07, 6.45) is 0. The van der Waals surface area contributed by atoms with Crippen molar-refractivity contribution in [2.45, 2.75) is 12.3 Å². The van der Waals surface area contributed by atoms with Crippen molar-refractivity contribution in [3.05, 3.63) is 222 Å². The molecule has 0 saturated carbocycles. The highest BCUT2D eigenvalue weighted by Crippen LogP contribution is 2.64. The second kappa shape index (κ2) is 11.6. The van der Waals surface area contributed by atoms with Crippen molar-refractivity contribution in [1.29, 1.82) is 0 Å². The molecule has 0 unspecified atom stereocenters. The van der Waals surface area contributed by atoms with E-state index in [1.54, 1.807) is 0 Å². The van der Waals surface area contributed by atoms with Crippen LogP contribution in [0.1, 0.15) is 27.8 Å². The number of fused-ring (bicyclic) bond motifs is 12.